The first kappa shape index (κ1) is 20.4. The monoisotopic (exact) mass is 332 g/mol. The van der Waals surface area contributed by atoms with Crippen molar-refractivity contribution in [2.24, 2.45) is 0 Å². The van der Waals surface area contributed by atoms with Gasteiger partial charge in [0.05, 0.1) is 19.3 Å². The molecule has 1 heterocycles. The summed E-state index contributed by atoms with van der Waals surface area (Å²) in [5.74, 6) is -0.133. The van der Waals surface area contributed by atoms with E-state index in [0.29, 0.717) is 18.6 Å². The van der Waals surface area contributed by atoms with Gasteiger partial charge in [-0.1, -0.05) is 55.5 Å². The third-order valence-corrected chi connectivity index (χ3v) is 3.87. The number of hydrogen-bond donors (Lipinski definition) is 0. The smallest absolute Gasteiger partial charge is 0.305 e. The zero-order valence-corrected chi connectivity index (χ0v) is 15.2. The van der Waals surface area contributed by atoms with Crippen molar-refractivity contribution in [3.8, 4) is 0 Å². The minimum atomic E-state index is -0.133. The summed E-state index contributed by atoms with van der Waals surface area (Å²) >= 11 is 0. The van der Waals surface area contributed by atoms with Gasteiger partial charge < -0.3 is 9.47 Å². The van der Waals surface area contributed by atoms with Crippen LogP contribution in [0.4, 0.5) is 0 Å². The Bertz CT molecular complexity index is 446. The molecule has 0 saturated carbocycles. The summed E-state index contributed by atoms with van der Waals surface area (Å²) in [5.41, 5.74) is 0. The lowest BCUT2D eigenvalue weighted by Gasteiger charge is -1.96. The lowest BCUT2D eigenvalue weighted by Crippen LogP contribution is -2.01. The minimum Gasteiger partial charge on any atom is -0.469 e. The first-order valence-corrected chi connectivity index (χ1v) is 9.10. The highest BCUT2D eigenvalue weighted by Gasteiger charge is 2.36. The molecule has 0 aromatic carbocycles. The van der Waals surface area contributed by atoms with Gasteiger partial charge in [0.1, 0.15) is 0 Å². The molecule has 1 aliphatic heterocycles. The Kier molecular flexibility index (Phi) is 11.7. The van der Waals surface area contributed by atoms with Crippen LogP contribution in [0.25, 0.3) is 0 Å². The standard InChI is InChI=1S/C21H32O3/c1-3-4-5-6-7-8-9-10-11-12-13-14-16-19-20(24-19)17-15-18-21(22)23-2/h4-5,7-8,10-11,13-14,19-20H,3,6,9,12,15-18H2,1-2H3/b5-4-,8-7-,11-10-,14-13-/t19-,20-/m1/s1. The second kappa shape index (κ2) is 13.8. The molecule has 24 heavy (non-hydrogen) atoms. The van der Waals surface area contributed by atoms with Crippen molar-refractivity contribution < 1.29 is 14.3 Å². The van der Waals surface area contributed by atoms with E-state index in [-0.39, 0.29) is 5.97 Å². The Hall–Kier alpha value is -1.61. The number of allylic oxidation sites excluding steroid dienone is 7. The SMILES string of the molecule is CC/C=C\C/C=C\C/C=C\C/C=C\C[C@H]1O[C@@H]1CCCC(=O)OC. The molecule has 0 spiro atoms. The van der Waals surface area contributed by atoms with E-state index in [1.54, 1.807) is 0 Å². The Labute approximate surface area is 147 Å². The van der Waals surface area contributed by atoms with E-state index in [2.05, 4.69) is 60.3 Å². The van der Waals surface area contributed by atoms with Gasteiger partial charge in [0.2, 0.25) is 0 Å². The van der Waals surface area contributed by atoms with Gasteiger partial charge in [-0.15, -0.1) is 0 Å². The van der Waals surface area contributed by atoms with Gasteiger partial charge in [-0.25, -0.2) is 0 Å². The van der Waals surface area contributed by atoms with Gasteiger partial charge >= 0.3 is 5.97 Å². The molecule has 0 unspecified atom stereocenters. The second-order valence-electron chi connectivity index (χ2n) is 5.92. The van der Waals surface area contributed by atoms with Crippen molar-refractivity contribution in [1.29, 1.82) is 0 Å². The predicted octanol–water partition coefficient (Wildman–Crippen LogP) is 5.29. The number of rotatable bonds is 13. The first-order chi connectivity index (χ1) is 11.8. The highest BCUT2D eigenvalue weighted by Crippen LogP contribution is 2.30. The predicted molar refractivity (Wildman–Crippen MR) is 99.8 cm³/mol. The second-order valence-corrected chi connectivity index (χ2v) is 5.92. The van der Waals surface area contributed by atoms with Crippen molar-refractivity contribution in [3.05, 3.63) is 48.6 Å². The van der Waals surface area contributed by atoms with Gasteiger partial charge in [-0.3, -0.25) is 4.79 Å². The summed E-state index contributed by atoms with van der Waals surface area (Å²) < 4.78 is 10.2. The van der Waals surface area contributed by atoms with Crippen LogP contribution in [0.1, 0.15) is 58.3 Å². The van der Waals surface area contributed by atoms with E-state index >= 15 is 0 Å². The molecule has 0 aromatic rings. The molecule has 0 amide bonds. The summed E-state index contributed by atoms with van der Waals surface area (Å²) in [4.78, 5) is 11.0. The van der Waals surface area contributed by atoms with E-state index in [0.717, 1.165) is 44.9 Å². The molecular weight excluding hydrogens is 300 g/mol. The largest absolute Gasteiger partial charge is 0.469 e. The lowest BCUT2D eigenvalue weighted by molar-refractivity contribution is -0.140. The summed E-state index contributed by atoms with van der Waals surface area (Å²) in [7, 11) is 1.43. The van der Waals surface area contributed by atoms with Gasteiger partial charge in [-0.05, 0) is 44.9 Å². The zero-order valence-electron chi connectivity index (χ0n) is 15.2. The molecule has 2 atom stereocenters. The summed E-state index contributed by atoms with van der Waals surface area (Å²) in [6.07, 6.45) is 25.7. The average molecular weight is 332 g/mol. The van der Waals surface area contributed by atoms with Crippen molar-refractivity contribution in [1.82, 2.24) is 0 Å². The number of carbonyl (C=O) groups is 1. The number of ether oxygens (including phenoxy) is 2. The summed E-state index contributed by atoms with van der Waals surface area (Å²) in [6.45, 7) is 2.15. The maximum Gasteiger partial charge on any atom is 0.305 e. The fourth-order valence-corrected chi connectivity index (χ4v) is 2.40. The third-order valence-electron chi connectivity index (χ3n) is 3.87. The van der Waals surface area contributed by atoms with Crippen LogP contribution < -0.4 is 0 Å². The van der Waals surface area contributed by atoms with Crippen LogP contribution in [0.3, 0.4) is 0 Å². The maximum atomic E-state index is 11.0. The van der Waals surface area contributed by atoms with Crippen LogP contribution in [0.2, 0.25) is 0 Å². The quantitative estimate of drug-likeness (QED) is 0.261. The number of hydrogen-bond acceptors (Lipinski definition) is 3. The molecule has 134 valence electrons. The molecular formula is C21H32O3. The number of epoxide rings is 1. The van der Waals surface area contributed by atoms with Gasteiger partial charge in [0, 0.05) is 6.42 Å². The molecule has 0 radical (unpaired) electrons. The van der Waals surface area contributed by atoms with Crippen molar-refractivity contribution in [3.63, 3.8) is 0 Å². The highest BCUT2D eigenvalue weighted by molar-refractivity contribution is 5.68. The Morgan fingerprint density at radius 3 is 2.08 bits per heavy atom. The Morgan fingerprint density at radius 2 is 1.50 bits per heavy atom. The van der Waals surface area contributed by atoms with E-state index in [1.807, 2.05) is 0 Å². The Balaban J connectivity index is 1.94. The van der Waals surface area contributed by atoms with E-state index in [9.17, 15) is 4.79 Å². The molecule has 3 heteroatoms. The molecule has 0 N–H and O–H groups in total. The van der Waals surface area contributed by atoms with Crippen molar-refractivity contribution >= 4 is 5.97 Å². The zero-order chi connectivity index (χ0) is 17.5. The lowest BCUT2D eigenvalue weighted by atomic mass is 10.1. The summed E-state index contributed by atoms with van der Waals surface area (Å²) in [5, 5.41) is 0. The molecule has 0 bridgehead atoms. The van der Waals surface area contributed by atoms with Crippen LogP contribution >= 0.6 is 0 Å². The molecule has 1 aliphatic rings. The van der Waals surface area contributed by atoms with Crippen molar-refractivity contribution in [2.45, 2.75) is 70.5 Å². The fraction of sp³-hybridized carbons (Fsp3) is 0.571. The van der Waals surface area contributed by atoms with E-state index in [4.69, 9.17) is 4.74 Å². The van der Waals surface area contributed by atoms with Crippen molar-refractivity contribution in [2.75, 3.05) is 7.11 Å². The number of esters is 1. The third kappa shape index (κ3) is 11.0. The molecule has 3 nitrogen and oxygen atoms in total. The van der Waals surface area contributed by atoms with Crippen LogP contribution in [-0.2, 0) is 14.3 Å². The molecule has 1 fully saturated rings. The summed E-state index contributed by atoms with van der Waals surface area (Å²) in [6, 6.07) is 0. The molecule has 0 aliphatic carbocycles. The fourth-order valence-electron chi connectivity index (χ4n) is 2.40. The molecule has 1 saturated heterocycles. The van der Waals surface area contributed by atoms with Crippen LogP contribution in [0.15, 0.2) is 48.6 Å². The topological polar surface area (TPSA) is 38.8 Å². The van der Waals surface area contributed by atoms with Crippen LogP contribution in [0, 0.1) is 0 Å². The minimum absolute atomic E-state index is 0.133. The van der Waals surface area contributed by atoms with Crippen LogP contribution in [0.5, 0.6) is 0 Å². The highest BCUT2D eigenvalue weighted by atomic mass is 16.6. The van der Waals surface area contributed by atoms with E-state index < -0.39 is 0 Å². The first-order valence-electron chi connectivity index (χ1n) is 9.10. The average Bonchev–Trinajstić information content (AvgIpc) is 3.34. The van der Waals surface area contributed by atoms with Gasteiger partial charge in [-0.2, -0.15) is 0 Å². The maximum absolute atomic E-state index is 11.0. The number of carbonyl (C=O) groups excluding carboxylic acids is 1. The van der Waals surface area contributed by atoms with Gasteiger partial charge in [0.25, 0.3) is 0 Å². The van der Waals surface area contributed by atoms with Crippen LogP contribution in [-0.4, -0.2) is 25.3 Å². The molecule has 1 rings (SSSR count). The van der Waals surface area contributed by atoms with Gasteiger partial charge in [0.15, 0.2) is 0 Å². The Morgan fingerprint density at radius 1 is 0.917 bits per heavy atom. The normalized spacial score (nSPS) is 20.8. The van der Waals surface area contributed by atoms with E-state index in [1.165, 1.54) is 7.11 Å². The molecule has 0 aromatic heterocycles. The number of methoxy groups -OCH3 is 1.